The Morgan fingerprint density at radius 3 is 0.714 bits per heavy atom. The summed E-state index contributed by atoms with van der Waals surface area (Å²) in [6, 6.07) is 0. The molecule has 0 amide bonds. The predicted molar refractivity (Wildman–Crippen MR) is 371 cm³/mol. The van der Waals surface area contributed by atoms with E-state index in [9.17, 15) is 14.7 Å². The molecule has 0 aliphatic heterocycles. The van der Waals surface area contributed by atoms with E-state index in [4.69, 9.17) is 9.47 Å². The lowest BCUT2D eigenvalue weighted by Crippen LogP contribution is -2.28. The Kier molecular flexibility index (Phi) is 72.7. The summed E-state index contributed by atoms with van der Waals surface area (Å²) in [6.07, 6.45) is 103. The SMILES string of the molecule is CCCCCCC/C=C\C/C=C\C/C=C\CCCCCCCCCCCCCCCCCCCCCCCCC(=O)OC(CO)COC(=O)CCCCCCCCCCCCCCCCCCCCCCC/C=C\C/C=C\CCCCCCC. The zero-order chi connectivity index (χ0) is 60.5. The molecule has 0 radical (unpaired) electrons. The summed E-state index contributed by atoms with van der Waals surface area (Å²) < 4.78 is 10.8. The van der Waals surface area contributed by atoms with Crippen LogP contribution in [-0.2, 0) is 19.1 Å². The molecule has 5 nitrogen and oxygen atoms in total. The van der Waals surface area contributed by atoms with Gasteiger partial charge in [-0.3, -0.25) is 9.59 Å². The highest BCUT2D eigenvalue weighted by Crippen LogP contribution is 2.19. The molecule has 1 N–H and O–H groups in total. The van der Waals surface area contributed by atoms with Gasteiger partial charge in [0, 0.05) is 12.8 Å². The molecule has 0 bridgehead atoms. The maximum Gasteiger partial charge on any atom is 0.306 e. The van der Waals surface area contributed by atoms with Gasteiger partial charge in [0.05, 0.1) is 6.61 Å². The van der Waals surface area contributed by atoms with Crippen molar-refractivity contribution < 1.29 is 24.2 Å². The van der Waals surface area contributed by atoms with Gasteiger partial charge < -0.3 is 14.6 Å². The molecule has 84 heavy (non-hydrogen) atoms. The Labute approximate surface area is 525 Å². The van der Waals surface area contributed by atoms with Crippen LogP contribution in [0.15, 0.2) is 60.8 Å². The van der Waals surface area contributed by atoms with Crippen LogP contribution >= 0.6 is 0 Å². The van der Waals surface area contributed by atoms with E-state index in [0.29, 0.717) is 12.8 Å². The van der Waals surface area contributed by atoms with Crippen molar-refractivity contribution in [3.8, 4) is 0 Å². The first-order valence-corrected chi connectivity index (χ1v) is 37.8. The van der Waals surface area contributed by atoms with E-state index < -0.39 is 6.10 Å². The lowest BCUT2D eigenvalue weighted by atomic mass is 10.0. The first-order valence-electron chi connectivity index (χ1n) is 37.8. The molecule has 0 aromatic rings. The van der Waals surface area contributed by atoms with Crippen molar-refractivity contribution in [2.24, 2.45) is 0 Å². The van der Waals surface area contributed by atoms with E-state index in [1.165, 1.54) is 327 Å². The number of esters is 2. The summed E-state index contributed by atoms with van der Waals surface area (Å²) in [5, 5.41) is 9.72. The van der Waals surface area contributed by atoms with Crippen LogP contribution < -0.4 is 0 Å². The Bertz CT molecular complexity index is 1430. The van der Waals surface area contributed by atoms with Crippen molar-refractivity contribution in [3.63, 3.8) is 0 Å². The minimum Gasteiger partial charge on any atom is -0.462 e. The monoisotopic (exact) mass is 1180 g/mol. The maximum atomic E-state index is 12.4. The molecule has 0 aliphatic rings. The van der Waals surface area contributed by atoms with Gasteiger partial charge >= 0.3 is 11.9 Å². The summed E-state index contributed by atoms with van der Waals surface area (Å²) in [7, 11) is 0. The standard InChI is InChI=1S/C79H146O5/c1-3-5-7-9-11-13-15-17-19-21-23-25-27-29-31-33-35-37-38-39-40-42-44-46-48-50-52-54-56-58-60-62-64-66-68-70-72-74-79(82)84-77(75-80)76-83-78(81)73-71-69-67-65-63-61-59-57-55-53-51-49-47-45-43-41-36-34-32-30-28-26-24-22-20-18-16-14-12-10-8-6-4-2/h15-18,21-24,27,29,77,80H,3-14,19-20,25-26,28,30-76H2,1-2H3/b17-15-,18-16-,23-21-,24-22-,29-27-. The number of aliphatic hydroxyl groups is 1. The minimum absolute atomic E-state index is 0.0604. The number of ether oxygens (including phenoxy) is 2. The fourth-order valence-electron chi connectivity index (χ4n) is 11.6. The van der Waals surface area contributed by atoms with Crippen molar-refractivity contribution in [1.82, 2.24) is 0 Å². The maximum absolute atomic E-state index is 12.4. The number of aliphatic hydroxyl groups excluding tert-OH is 1. The third-order valence-electron chi connectivity index (χ3n) is 17.3. The third kappa shape index (κ3) is 72.1. The largest absolute Gasteiger partial charge is 0.462 e. The van der Waals surface area contributed by atoms with Gasteiger partial charge in [0.25, 0.3) is 0 Å². The van der Waals surface area contributed by atoms with Crippen molar-refractivity contribution in [2.45, 2.75) is 418 Å². The first-order chi connectivity index (χ1) is 41.6. The van der Waals surface area contributed by atoms with Crippen LogP contribution in [0.1, 0.15) is 412 Å². The molecule has 0 saturated heterocycles. The molecule has 5 heteroatoms. The highest BCUT2D eigenvalue weighted by molar-refractivity contribution is 5.70. The van der Waals surface area contributed by atoms with Gasteiger partial charge in [0.1, 0.15) is 6.61 Å². The fraction of sp³-hybridized carbons (Fsp3) is 0.848. The number of rotatable bonds is 71. The molecule has 1 atom stereocenters. The van der Waals surface area contributed by atoms with Crippen LogP contribution in [-0.4, -0.2) is 36.4 Å². The summed E-state index contributed by atoms with van der Waals surface area (Å²) in [6.45, 7) is 4.18. The Hall–Kier alpha value is -2.40. The fourth-order valence-corrected chi connectivity index (χ4v) is 11.6. The molecule has 0 heterocycles. The van der Waals surface area contributed by atoms with E-state index in [-0.39, 0.29) is 25.2 Å². The Morgan fingerprint density at radius 1 is 0.274 bits per heavy atom. The molecule has 0 aromatic carbocycles. The average Bonchev–Trinajstić information content (AvgIpc) is 3.51. The highest BCUT2D eigenvalue weighted by Gasteiger charge is 2.16. The van der Waals surface area contributed by atoms with E-state index in [2.05, 4.69) is 74.6 Å². The van der Waals surface area contributed by atoms with Gasteiger partial charge in [0.15, 0.2) is 6.10 Å². The van der Waals surface area contributed by atoms with Crippen LogP contribution in [0.3, 0.4) is 0 Å². The second kappa shape index (κ2) is 74.9. The van der Waals surface area contributed by atoms with Crippen molar-refractivity contribution >= 4 is 11.9 Å². The van der Waals surface area contributed by atoms with Gasteiger partial charge in [-0.25, -0.2) is 0 Å². The van der Waals surface area contributed by atoms with Crippen LogP contribution in [0, 0.1) is 0 Å². The molecular weight excluding hydrogens is 1030 g/mol. The molecule has 0 aromatic heterocycles. The number of carbonyl (C=O) groups excluding carboxylic acids is 2. The zero-order valence-corrected chi connectivity index (χ0v) is 56.7. The van der Waals surface area contributed by atoms with Crippen LogP contribution in [0.4, 0.5) is 0 Å². The van der Waals surface area contributed by atoms with Gasteiger partial charge in [0.2, 0.25) is 0 Å². The molecule has 0 rings (SSSR count). The Morgan fingerprint density at radius 2 is 0.476 bits per heavy atom. The number of hydrogen-bond acceptors (Lipinski definition) is 5. The summed E-state index contributed by atoms with van der Waals surface area (Å²) >= 11 is 0. The molecule has 1 unspecified atom stereocenters. The summed E-state index contributed by atoms with van der Waals surface area (Å²) in [4.78, 5) is 24.7. The quantitative estimate of drug-likeness (QED) is 0.0373. The minimum atomic E-state index is -0.772. The zero-order valence-electron chi connectivity index (χ0n) is 56.7. The molecule has 0 spiro atoms. The Balaban J connectivity index is 3.39. The van der Waals surface area contributed by atoms with Crippen molar-refractivity contribution in [2.75, 3.05) is 13.2 Å². The molecule has 0 saturated carbocycles. The van der Waals surface area contributed by atoms with Crippen LogP contribution in [0.2, 0.25) is 0 Å². The second-order valence-corrected chi connectivity index (χ2v) is 25.7. The van der Waals surface area contributed by atoms with E-state index in [1.54, 1.807) is 0 Å². The number of hydrogen-bond donors (Lipinski definition) is 1. The van der Waals surface area contributed by atoms with Crippen LogP contribution in [0.5, 0.6) is 0 Å². The number of carbonyl (C=O) groups is 2. The summed E-state index contributed by atoms with van der Waals surface area (Å²) in [5.74, 6) is -0.566. The van der Waals surface area contributed by atoms with E-state index in [0.717, 1.165) is 57.8 Å². The van der Waals surface area contributed by atoms with E-state index >= 15 is 0 Å². The molecule has 0 aliphatic carbocycles. The smallest absolute Gasteiger partial charge is 0.306 e. The molecule has 0 fully saturated rings. The first kappa shape index (κ1) is 81.6. The van der Waals surface area contributed by atoms with E-state index in [1.807, 2.05) is 0 Å². The van der Waals surface area contributed by atoms with Gasteiger partial charge in [-0.2, -0.15) is 0 Å². The summed E-state index contributed by atoms with van der Waals surface area (Å²) in [5.41, 5.74) is 0. The number of unbranched alkanes of at least 4 members (excludes halogenated alkanes) is 53. The second-order valence-electron chi connectivity index (χ2n) is 25.7. The average molecular weight is 1180 g/mol. The lowest BCUT2D eigenvalue weighted by Gasteiger charge is -2.15. The van der Waals surface area contributed by atoms with Crippen molar-refractivity contribution in [1.29, 1.82) is 0 Å². The van der Waals surface area contributed by atoms with Crippen LogP contribution in [0.25, 0.3) is 0 Å². The lowest BCUT2D eigenvalue weighted by molar-refractivity contribution is -0.161. The topological polar surface area (TPSA) is 72.8 Å². The molecular formula is C79H146O5. The third-order valence-corrected chi connectivity index (χ3v) is 17.3. The van der Waals surface area contributed by atoms with Gasteiger partial charge in [-0.05, 0) is 83.5 Å². The van der Waals surface area contributed by atoms with Gasteiger partial charge in [-0.1, -0.05) is 376 Å². The normalized spacial score (nSPS) is 12.5. The van der Waals surface area contributed by atoms with Crippen molar-refractivity contribution in [3.05, 3.63) is 60.8 Å². The highest BCUT2D eigenvalue weighted by atomic mass is 16.6. The van der Waals surface area contributed by atoms with Gasteiger partial charge in [-0.15, -0.1) is 0 Å². The number of allylic oxidation sites excluding steroid dienone is 10. The predicted octanol–water partition coefficient (Wildman–Crippen LogP) is 26.4. The molecule has 492 valence electrons.